The Balaban J connectivity index is 1.71. The van der Waals surface area contributed by atoms with Gasteiger partial charge in [0.1, 0.15) is 0 Å². The smallest absolute Gasteiger partial charge is 0.241 e. The van der Waals surface area contributed by atoms with E-state index in [2.05, 4.69) is 24.1 Å². The van der Waals surface area contributed by atoms with Gasteiger partial charge in [0, 0.05) is 24.8 Å². The maximum Gasteiger partial charge on any atom is 0.241 e. The summed E-state index contributed by atoms with van der Waals surface area (Å²) >= 11 is 1.67. The van der Waals surface area contributed by atoms with E-state index < -0.39 is 6.04 Å². The molecule has 2 aromatic rings. The first-order valence-electron chi connectivity index (χ1n) is 8.09. The van der Waals surface area contributed by atoms with Crippen LogP contribution in [0.4, 0.5) is 5.69 Å². The Bertz CT molecular complexity index is 692. The molecule has 1 unspecified atom stereocenters. The summed E-state index contributed by atoms with van der Waals surface area (Å²) in [6.07, 6.45) is 1.69. The van der Waals surface area contributed by atoms with Crippen LogP contribution in [0.25, 0.3) is 10.2 Å². The fourth-order valence-electron chi connectivity index (χ4n) is 2.78. The van der Waals surface area contributed by atoms with Gasteiger partial charge in [-0.2, -0.15) is 0 Å². The zero-order valence-corrected chi connectivity index (χ0v) is 14.4. The summed E-state index contributed by atoms with van der Waals surface area (Å²) in [6, 6.07) is 5.34. The summed E-state index contributed by atoms with van der Waals surface area (Å²) in [4.78, 5) is 17.0. The fourth-order valence-corrected chi connectivity index (χ4v) is 3.79. The first-order valence-corrected chi connectivity index (χ1v) is 8.91. The normalized spacial score (nSPS) is 17.6. The quantitative estimate of drug-likeness (QED) is 0.901. The number of benzene rings is 1. The molecule has 124 valence electrons. The Morgan fingerprint density at radius 2 is 2.13 bits per heavy atom. The average molecular weight is 333 g/mol. The monoisotopic (exact) mass is 333 g/mol. The fraction of sp³-hybridized carbons (Fsp3) is 0.529. The maximum absolute atomic E-state index is 12.4. The van der Waals surface area contributed by atoms with Gasteiger partial charge in [-0.3, -0.25) is 4.79 Å². The van der Waals surface area contributed by atoms with E-state index in [1.807, 2.05) is 18.2 Å². The van der Waals surface area contributed by atoms with Gasteiger partial charge in [-0.25, -0.2) is 4.98 Å². The minimum atomic E-state index is -0.484. The number of fused-ring (bicyclic) bond motifs is 1. The van der Waals surface area contributed by atoms with Crippen molar-refractivity contribution in [3.8, 4) is 0 Å². The average Bonchev–Trinajstić information content (AvgIpc) is 2.98. The first-order chi connectivity index (χ1) is 11.0. The third-order valence-corrected chi connectivity index (χ3v) is 5.56. The number of rotatable bonds is 4. The molecule has 1 aliphatic heterocycles. The van der Waals surface area contributed by atoms with Crippen molar-refractivity contribution in [1.29, 1.82) is 0 Å². The van der Waals surface area contributed by atoms with Crippen LogP contribution in [-0.2, 0) is 9.53 Å². The number of ether oxygens (including phenoxy) is 1. The van der Waals surface area contributed by atoms with Crippen molar-refractivity contribution in [1.82, 2.24) is 4.98 Å². The zero-order valence-electron chi connectivity index (χ0n) is 13.5. The lowest BCUT2D eigenvalue weighted by Gasteiger charge is -2.26. The summed E-state index contributed by atoms with van der Waals surface area (Å²) in [5, 5.41) is 4.06. The molecule has 23 heavy (non-hydrogen) atoms. The van der Waals surface area contributed by atoms with E-state index in [0.29, 0.717) is 19.1 Å². The highest BCUT2D eigenvalue weighted by Gasteiger charge is 2.26. The van der Waals surface area contributed by atoms with Crippen molar-refractivity contribution in [2.45, 2.75) is 38.6 Å². The van der Waals surface area contributed by atoms with Gasteiger partial charge < -0.3 is 15.8 Å². The molecule has 1 saturated heterocycles. The van der Waals surface area contributed by atoms with Crippen molar-refractivity contribution in [3.05, 3.63) is 23.2 Å². The third-order valence-electron chi connectivity index (χ3n) is 4.24. The lowest BCUT2D eigenvalue weighted by Crippen LogP contribution is -2.43. The van der Waals surface area contributed by atoms with Crippen molar-refractivity contribution in [3.63, 3.8) is 0 Å². The molecule has 0 spiro atoms. The number of aromatic nitrogens is 1. The van der Waals surface area contributed by atoms with E-state index in [0.717, 1.165) is 33.8 Å². The van der Waals surface area contributed by atoms with Gasteiger partial charge in [0.2, 0.25) is 5.91 Å². The molecular formula is C17H23N3O2S. The third kappa shape index (κ3) is 3.71. The number of carbonyl (C=O) groups excluding carboxylic acids is 1. The van der Waals surface area contributed by atoms with Gasteiger partial charge >= 0.3 is 0 Å². The van der Waals surface area contributed by atoms with Gasteiger partial charge in [0.05, 0.1) is 21.3 Å². The van der Waals surface area contributed by atoms with Crippen LogP contribution < -0.4 is 11.1 Å². The molecule has 5 nitrogen and oxygen atoms in total. The molecule has 2 heterocycles. The minimum Gasteiger partial charge on any atom is -0.381 e. The van der Waals surface area contributed by atoms with E-state index >= 15 is 0 Å². The summed E-state index contributed by atoms with van der Waals surface area (Å²) in [6.45, 7) is 5.65. The first kappa shape index (κ1) is 16.4. The number of carbonyl (C=O) groups is 1. The SMILES string of the molecule is CC(C)c1nc2ccc(NC(=O)C(N)C3CCOCC3)cc2s1. The molecule has 1 aromatic heterocycles. The van der Waals surface area contributed by atoms with Crippen LogP contribution in [0.2, 0.25) is 0 Å². The van der Waals surface area contributed by atoms with E-state index in [9.17, 15) is 4.79 Å². The van der Waals surface area contributed by atoms with Gasteiger partial charge in [-0.15, -0.1) is 11.3 Å². The zero-order chi connectivity index (χ0) is 16.4. The predicted molar refractivity (Wildman–Crippen MR) is 93.9 cm³/mol. The molecule has 1 aromatic carbocycles. The highest BCUT2D eigenvalue weighted by atomic mass is 32.1. The van der Waals surface area contributed by atoms with Crippen molar-refractivity contribution in [2.24, 2.45) is 11.7 Å². The lowest BCUT2D eigenvalue weighted by molar-refractivity contribution is -0.119. The number of nitrogens with zero attached hydrogens (tertiary/aromatic N) is 1. The molecule has 0 aliphatic carbocycles. The van der Waals surface area contributed by atoms with Crippen molar-refractivity contribution >= 4 is 33.1 Å². The Morgan fingerprint density at radius 1 is 1.39 bits per heavy atom. The second kappa shape index (κ2) is 6.95. The van der Waals surface area contributed by atoms with Crippen LogP contribution >= 0.6 is 11.3 Å². The van der Waals surface area contributed by atoms with Gasteiger partial charge in [0.15, 0.2) is 0 Å². The lowest BCUT2D eigenvalue weighted by atomic mass is 9.92. The highest BCUT2D eigenvalue weighted by molar-refractivity contribution is 7.18. The maximum atomic E-state index is 12.4. The topological polar surface area (TPSA) is 77.2 Å². The standard InChI is InChI=1S/C17H23N3O2S/c1-10(2)17-20-13-4-3-12(9-14(13)23-17)19-16(21)15(18)11-5-7-22-8-6-11/h3-4,9-11,15H,5-8,18H2,1-2H3,(H,19,21). The summed E-state index contributed by atoms with van der Waals surface area (Å²) in [7, 11) is 0. The van der Waals surface area contributed by atoms with Gasteiger partial charge in [-0.05, 0) is 37.0 Å². The van der Waals surface area contributed by atoms with Crippen molar-refractivity contribution in [2.75, 3.05) is 18.5 Å². The van der Waals surface area contributed by atoms with Gasteiger partial charge in [0.25, 0.3) is 0 Å². The number of hydrogen-bond donors (Lipinski definition) is 2. The van der Waals surface area contributed by atoms with Crippen molar-refractivity contribution < 1.29 is 9.53 Å². The summed E-state index contributed by atoms with van der Waals surface area (Å²) < 4.78 is 6.41. The number of nitrogens with one attached hydrogen (secondary N) is 1. The van der Waals surface area contributed by atoms with Crippen LogP contribution in [0.5, 0.6) is 0 Å². The Morgan fingerprint density at radius 3 is 2.83 bits per heavy atom. The van der Waals surface area contributed by atoms with E-state index in [4.69, 9.17) is 10.5 Å². The highest BCUT2D eigenvalue weighted by Crippen LogP contribution is 2.29. The van der Waals surface area contributed by atoms with Crippen LogP contribution in [-0.4, -0.2) is 30.1 Å². The Labute approximate surface area is 140 Å². The number of amides is 1. The molecule has 3 N–H and O–H groups in total. The molecular weight excluding hydrogens is 310 g/mol. The predicted octanol–water partition coefficient (Wildman–Crippen LogP) is 3.11. The second-order valence-corrected chi connectivity index (χ2v) is 7.42. The molecule has 0 bridgehead atoms. The minimum absolute atomic E-state index is 0.121. The van der Waals surface area contributed by atoms with Crippen LogP contribution in [0.3, 0.4) is 0 Å². The molecule has 0 radical (unpaired) electrons. The van der Waals surface area contributed by atoms with Crippen LogP contribution in [0, 0.1) is 5.92 Å². The molecule has 0 saturated carbocycles. The molecule has 1 amide bonds. The van der Waals surface area contributed by atoms with Crippen LogP contribution in [0.15, 0.2) is 18.2 Å². The Kier molecular flexibility index (Phi) is 4.94. The molecule has 1 atom stereocenters. The summed E-state index contributed by atoms with van der Waals surface area (Å²) in [5.41, 5.74) is 7.88. The van der Waals surface area contributed by atoms with E-state index in [1.165, 1.54) is 0 Å². The number of hydrogen-bond acceptors (Lipinski definition) is 5. The molecule has 6 heteroatoms. The van der Waals surface area contributed by atoms with Gasteiger partial charge in [-0.1, -0.05) is 13.8 Å². The molecule has 1 fully saturated rings. The Hall–Kier alpha value is -1.50. The van der Waals surface area contributed by atoms with Crippen LogP contribution in [0.1, 0.15) is 37.6 Å². The number of nitrogens with two attached hydrogens (primary N) is 1. The largest absolute Gasteiger partial charge is 0.381 e. The van der Waals surface area contributed by atoms with E-state index in [-0.39, 0.29) is 11.8 Å². The molecule has 3 rings (SSSR count). The second-order valence-electron chi connectivity index (χ2n) is 6.35. The number of thiazole rings is 1. The van der Waals surface area contributed by atoms with E-state index in [1.54, 1.807) is 11.3 Å². The molecule has 1 aliphatic rings. The number of anilines is 1. The summed E-state index contributed by atoms with van der Waals surface area (Å²) in [5.74, 6) is 0.487.